The molecule has 3 aromatic rings. The molecule has 0 aliphatic carbocycles. The van der Waals surface area contributed by atoms with Crippen molar-refractivity contribution in [3.8, 4) is 0 Å². The smallest absolute Gasteiger partial charge is 0.325 e. The molecule has 3 N–H and O–H groups in total. The second kappa shape index (κ2) is 4.58. The highest BCUT2D eigenvalue weighted by molar-refractivity contribution is 6.01. The number of aryl methyl sites for hydroxylation is 1. The van der Waals surface area contributed by atoms with Crippen molar-refractivity contribution < 1.29 is 9.90 Å². The van der Waals surface area contributed by atoms with E-state index in [4.69, 9.17) is 5.73 Å². The molecular formula is C16H14N2O2. The fourth-order valence-corrected chi connectivity index (χ4v) is 2.50. The molecule has 0 saturated carbocycles. The summed E-state index contributed by atoms with van der Waals surface area (Å²) >= 11 is 0. The molecule has 4 nitrogen and oxygen atoms in total. The Hall–Kier alpha value is -2.46. The summed E-state index contributed by atoms with van der Waals surface area (Å²) in [4.78, 5) is 15.9. The number of pyridine rings is 1. The van der Waals surface area contributed by atoms with Gasteiger partial charge >= 0.3 is 5.97 Å². The van der Waals surface area contributed by atoms with Gasteiger partial charge in [-0.3, -0.25) is 4.79 Å². The van der Waals surface area contributed by atoms with Crippen LogP contribution in [0.25, 0.3) is 21.8 Å². The van der Waals surface area contributed by atoms with E-state index < -0.39 is 12.0 Å². The van der Waals surface area contributed by atoms with Crippen LogP contribution in [0.3, 0.4) is 0 Å². The van der Waals surface area contributed by atoms with Gasteiger partial charge in [0.05, 0.1) is 11.0 Å². The van der Waals surface area contributed by atoms with Gasteiger partial charge in [-0.1, -0.05) is 29.8 Å². The van der Waals surface area contributed by atoms with E-state index in [0.29, 0.717) is 5.56 Å². The van der Waals surface area contributed by atoms with Gasteiger partial charge < -0.3 is 10.8 Å². The van der Waals surface area contributed by atoms with E-state index in [-0.39, 0.29) is 0 Å². The standard InChI is InChI=1S/C16H14N2O2/c1-9-6-7-13-11(8-9)14(15(17)16(19)20)10-4-2-3-5-12(10)18-13/h2-8,15H,17H2,1H3,(H,19,20). The Labute approximate surface area is 115 Å². The van der Waals surface area contributed by atoms with Crippen LogP contribution in [0.2, 0.25) is 0 Å². The third-order valence-corrected chi connectivity index (χ3v) is 3.45. The van der Waals surface area contributed by atoms with E-state index in [1.807, 2.05) is 49.4 Å². The fraction of sp³-hybridized carbons (Fsp3) is 0.125. The van der Waals surface area contributed by atoms with Gasteiger partial charge in [0.2, 0.25) is 0 Å². The van der Waals surface area contributed by atoms with Gasteiger partial charge in [-0.15, -0.1) is 0 Å². The number of nitrogens with zero attached hydrogens (tertiary/aromatic N) is 1. The molecule has 3 rings (SSSR count). The molecule has 0 fully saturated rings. The minimum absolute atomic E-state index is 0.627. The molecule has 2 aromatic carbocycles. The molecule has 1 atom stereocenters. The predicted octanol–water partition coefficient (Wildman–Crippen LogP) is 2.78. The molecule has 1 unspecified atom stereocenters. The summed E-state index contributed by atoms with van der Waals surface area (Å²) < 4.78 is 0. The molecule has 0 saturated heterocycles. The first-order chi connectivity index (χ1) is 9.58. The van der Waals surface area contributed by atoms with Crippen molar-refractivity contribution in [1.29, 1.82) is 0 Å². The molecule has 4 heteroatoms. The molecule has 0 radical (unpaired) electrons. The number of carbonyl (C=O) groups is 1. The lowest BCUT2D eigenvalue weighted by Gasteiger charge is -2.14. The Morgan fingerprint density at radius 2 is 1.85 bits per heavy atom. The Bertz CT molecular complexity index is 827. The van der Waals surface area contributed by atoms with Gasteiger partial charge in [-0.05, 0) is 30.7 Å². The lowest BCUT2D eigenvalue weighted by molar-refractivity contribution is -0.138. The SMILES string of the molecule is Cc1ccc2nc3ccccc3c(C(N)C(=O)O)c2c1. The third kappa shape index (κ3) is 1.90. The summed E-state index contributed by atoms with van der Waals surface area (Å²) in [5, 5.41) is 10.9. The van der Waals surface area contributed by atoms with Gasteiger partial charge in [-0.2, -0.15) is 0 Å². The van der Waals surface area contributed by atoms with Crippen LogP contribution in [-0.4, -0.2) is 16.1 Å². The number of hydrogen-bond acceptors (Lipinski definition) is 3. The highest BCUT2D eigenvalue weighted by Gasteiger charge is 2.20. The number of nitrogens with two attached hydrogens (primary N) is 1. The van der Waals surface area contributed by atoms with E-state index in [1.54, 1.807) is 0 Å². The predicted molar refractivity (Wildman–Crippen MR) is 78.6 cm³/mol. The van der Waals surface area contributed by atoms with Gasteiger partial charge in [0.25, 0.3) is 0 Å². The van der Waals surface area contributed by atoms with E-state index in [0.717, 1.165) is 27.4 Å². The normalized spacial score (nSPS) is 12.7. The topological polar surface area (TPSA) is 76.2 Å². The van der Waals surface area contributed by atoms with Crippen LogP contribution in [0, 0.1) is 6.92 Å². The number of carboxylic acid groups (broad SMARTS) is 1. The summed E-state index contributed by atoms with van der Waals surface area (Å²) in [5.74, 6) is -1.04. The van der Waals surface area contributed by atoms with Crippen molar-refractivity contribution in [3.05, 3.63) is 53.6 Å². The number of carboxylic acids is 1. The highest BCUT2D eigenvalue weighted by Crippen LogP contribution is 2.30. The van der Waals surface area contributed by atoms with Crippen LogP contribution in [0.1, 0.15) is 17.2 Å². The van der Waals surface area contributed by atoms with Gasteiger partial charge in [0.15, 0.2) is 0 Å². The maximum atomic E-state index is 11.3. The monoisotopic (exact) mass is 266 g/mol. The zero-order valence-corrected chi connectivity index (χ0v) is 11.0. The number of para-hydroxylation sites is 1. The third-order valence-electron chi connectivity index (χ3n) is 3.45. The first-order valence-electron chi connectivity index (χ1n) is 6.35. The van der Waals surface area contributed by atoms with Crippen LogP contribution in [0.4, 0.5) is 0 Å². The zero-order valence-electron chi connectivity index (χ0n) is 11.0. The maximum absolute atomic E-state index is 11.3. The molecule has 100 valence electrons. The quantitative estimate of drug-likeness (QED) is 0.699. The maximum Gasteiger partial charge on any atom is 0.325 e. The molecule has 0 spiro atoms. The Morgan fingerprint density at radius 1 is 1.15 bits per heavy atom. The Balaban J connectivity index is 2.50. The van der Waals surface area contributed by atoms with Crippen molar-refractivity contribution >= 4 is 27.8 Å². The fourth-order valence-electron chi connectivity index (χ4n) is 2.50. The highest BCUT2D eigenvalue weighted by atomic mass is 16.4. The molecular weight excluding hydrogens is 252 g/mol. The van der Waals surface area contributed by atoms with E-state index in [9.17, 15) is 9.90 Å². The number of benzene rings is 2. The van der Waals surface area contributed by atoms with E-state index in [1.165, 1.54) is 0 Å². The van der Waals surface area contributed by atoms with Crippen molar-refractivity contribution in [2.45, 2.75) is 13.0 Å². The molecule has 20 heavy (non-hydrogen) atoms. The Kier molecular flexibility index (Phi) is 2.88. The largest absolute Gasteiger partial charge is 0.480 e. The molecule has 0 amide bonds. The minimum atomic E-state index is -1.06. The van der Waals surface area contributed by atoms with Crippen molar-refractivity contribution in [3.63, 3.8) is 0 Å². The van der Waals surface area contributed by atoms with Crippen LogP contribution in [0.15, 0.2) is 42.5 Å². The lowest BCUT2D eigenvalue weighted by atomic mass is 9.96. The molecule has 1 aromatic heterocycles. The number of aliphatic carboxylic acids is 1. The van der Waals surface area contributed by atoms with E-state index in [2.05, 4.69) is 4.98 Å². The second-order valence-electron chi connectivity index (χ2n) is 4.88. The molecule has 0 aliphatic heterocycles. The number of fused-ring (bicyclic) bond motifs is 2. The number of rotatable bonds is 2. The summed E-state index contributed by atoms with van der Waals surface area (Å²) in [6, 6.07) is 12.2. The molecule has 1 heterocycles. The van der Waals surface area contributed by atoms with Crippen molar-refractivity contribution in [2.75, 3.05) is 0 Å². The Morgan fingerprint density at radius 3 is 2.60 bits per heavy atom. The summed E-state index contributed by atoms with van der Waals surface area (Å²) in [7, 11) is 0. The average Bonchev–Trinajstić information content (AvgIpc) is 2.44. The molecule has 0 aliphatic rings. The van der Waals surface area contributed by atoms with Crippen molar-refractivity contribution in [2.24, 2.45) is 5.73 Å². The van der Waals surface area contributed by atoms with Gasteiger partial charge in [0, 0.05) is 10.8 Å². The minimum Gasteiger partial charge on any atom is -0.480 e. The first kappa shape index (κ1) is 12.6. The molecule has 0 bridgehead atoms. The van der Waals surface area contributed by atoms with Crippen molar-refractivity contribution in [1.82, 2.24) is 4.98 Å². The van der Waals surface area contributed by atoms with Crippen LogP contribution >= 0.6 is 0 Å². The first-order valence-corrected chi connectivity index (χ1v) is 6.35. The van der Waals surface area contributed by atoms with Crippen LogP contribution in [-0.2, 0) is 4.79 Å². The van der Waals surface area contributed by atoms with E-state index >= 15 is 0 Å². The second-order valence-corrected chi connectivity index (χ2v) is 4.88. The summed E-state index contributed by atoms with van der Waals surface area (Å²) in [6.45, 7) is 1.96. The van der Waals surface area contributed by atoms with Gasteiger partial charge in [-0.25, -0.2) is 4.98 Å². The summed E-state index contributed by atoms with van der Waals surface area (Å²) in [6.07, 6.45) is 0. The lowest BCUT2D eigenvalue weighted by Crippen LogP contribution is -2.21. The van der Waals surface area contributed by atoms with Crippen LogP contribution in [0.5, 0.6) is 0 Å². The number of hydrogen-bond donors (Lipinski definition) is 2. The summed E-state index contributed by atoms with van der Waals surface area (Å²) in [5.41, 5.74) is 9.09. The number of aromatic nitrogens is 1. The average molecular weight is 266 g/mol. The zero-order chi connectivity index (χ0) is 14.3. The van der Waals surface area contributed by atoms with Crippen LogP contribution < -0.4 is 5.73 Å². The van der Waals surface area contributed by atoms with Gasteiger partial charge in [0.1, 0.15) is 6.04 Å².